The summed E-state index contributed by atoms with van der Waals surface area (Å²) in [6, 6.07) is 9.86. The highest BCUT2D eigenvalue weighted by Crippen LogP contribution is 2.20. The highest BCUT2D eigenvalue weighted by Gasteiger charge is 2.22. The molecule has 0 aliphatic carbocycles. The van der Waals surface area contributed by atoms with Crippen molar-refractivity contribution in [3.05, 3.63) is 59.4 Å². The van der Waals surface area contributed by atoms with Crippen molar-refractivity contribution in [2.75, 3.05) is 37.7 Å². The first-order valence-corrected chi connectivity index (χ1v) is 8.99. The van der Waals surface area contributed by atoms with E-state index in [2.05, 4.69) is 9.88 Å². The average molecular weight is 350 g/mol. The lowest BCUT2D eigenvalue weighted by molar-refractivity contribution is -0.126. The molecule has 0 N–H and O–H groups in total. The van der Waals surface area contributed by atoms with Crippen LogP contribution < -0.4 is 4.90 Å². The number of fused-ring (bicyclic) bond motifs is 1. The van der Waals surface area contributed by atoms with Crippen LogP contribution in [0.3, 0.4) is 0 Å². The Balaban J connectivity index is 1.46. The standard InChI is InChI=1S/C20H22N4O2/c25-19(7-6-16-4-2-1-3-5-16)24-9-8-17-14-21-20(22-18(17)15-24)23-10-12-26-13-11-23/h1-7,14H,8-13,15H2/b7-6+. The van der Waals surface area contributed by atoms with E-state index in [1.807, 2.05) is 47.5 Å². The van der Waals surface area contributed by atoms with Crippen LogP contribution in [-0.4, -0.2) is 53.6 Å². The summed E-state index contributed by atoms with van der Waals surface area (Å²) in [4.78, 5) is 25.8. The Morgan fingerprint density at radius 3 is 2.73 bits per heavy atom. The van der Waals surface area contributed by atoms with Crippen molar-refractivity contribution >= 4 is 17.9 Å². The van der Waals surface area contributed by atoms with Gasteiger partial charge in [-0.25, -0.2) is 9.97 Å². The summed E-state index contributed by atoms with van der Waals surface area (Å²) in [5.74, 6) is 0.757. The highest BCUT2D eigenvalue weighted by molar-refractivity contribution is 5.91. The number of carbonyl (C=O) groups is 1. The molecular formula is C20H22N4O2. The zero-order valence-electron chi connectivity index (χ0n) is 14.7. The molecule has 1 saturated heterocycles. The minimum atomic E-state index is 0.0195. The van der Waals surface area contributed by atoms with E-state index >= 15 is 0 Å². The van der Waals surface area contributed by atoms with E-state index in [1.165, 1.54) is 0 Å². The topological polar surface area (TPSA) is 58.6 Å². The van der Waals surface area contributed by atoms with Gasteiger partial charge >= 0.3 is 0 Å². The van der Waals surface area contributed by atoms with Crippen molar-refractivity contribution < 1.29 is 9.53 Å². The van der Waals surface area contributed by atoms with Gasteiger partial charge in [0.25, 0.3) is 0 Å². The first kappa shape index (κ1) is 16.7. The normalized spacial score (nSPS) is 17.4. The molecule has 6 nitrogen and oxygen atoms in total. The fourth-order valence-corrected chi connectivity index (χ4v) is 3.23. The van der Waals surface area contributed by atoms with Gasteiger partial charge in [-0.2, -0.15) is 0 Å². The van der Waals surface area contributed by atoms with E-state index in [-0.39, 0.29) is 5.91 Å². The van der Waals surface area contributed by atoms with Gasteiger partial charge in [-0.05, 0) is 23.6 Å². The van der Waals surface area contributed by atoms with Crippen molar-refractivity contribution in [2.45, 2.75) is 13.0 Å². The number of hydrogen-bond donors (Lipinski definition) is 0. The van der Waals surface area contributed by atoms with Gasteiger partial charge in [0, 0.05) is 31.9 Å². The SMILES string of the molecule is O=C(/C=C/c1ccccc1)N1CCc2cnc(N3CCOCC3)nc2C1. The zero-order chi connectivity index (χ0) is 17.8. The van der Waals surface area contributed by atoms with Gasteiger partial charge in [-0.1, -0.05) is 30.3 Å². The molecule has 0 bridgehead atoms. The lowest BCUT2D eigenvalue weighted by Crippen LogP contribution is -2.39. The average Bonchev–Trinajstić information content (AvgIpc) is 2.72. The maximum atomic E-state index is 12.5. The van der Waals surface area contributed by atoms with Crippen molar-refractivity contribution in [1.29, 1.82) is 0 Å². The molecular weight excluding hydrogens is 328 g/mol. The van der Waals surface area contributed by atoms with Crippen LogP contribution in [0.1, 0.15) is 16.8 Å². The third kappa shape index (κ3) is 3.75. The third-order valence-corrected chi connectivity index (χ3v) is 4.76. The summed E-state index contributed by atoms with van der Waals surface area (Å²) in [7, 11) is 0. The van der Waals surface area contributed by atoms with E-state index < -0.39 is 0 Å². The van der Waals surface area contributed by atoms with Crippen LogP contribution >= 0.6 is 0 Å². The molecule has 2 aliphatic rings. The van der Waals surface area contributed by atoms with Crippen molar-refractivity contribution in [3.8, 4) is 0 Å². The molecule has 1 fully saturated rings. The van der Waals surface area contributed by atoms with Crippen molar-refractivity contribution in [3.63, 3.8) is 0 Å². The molecule has 2 aliphatic heterocycles. The lowest BCUT2D eigenvalue weighted by Gasteiger charge is -2.30. The highest BCUT2D eigenvalue weighted by atomic mass is 16.5. The first-order valence-electron chi connectivity index (χ1n) is 8.99. The summed E-state index contributed by atoms with van der Waals surface area (Å²) < 4.78 is 5.39. The largest absolute Gasteiger partial charge is 0.378 e. The number of nitrogens with zero attached hydrogens (tertiary/aromatic N) is 4. The number of morpholine rings is 1. The monoisotopic (exact) mass is 350 g/mol. The Bertz CT molecular complexity index is 801. The Labute approximate surface area is 153 Å². The van der Waals surface area contributed by atoms with Gasteiger partial charge in [-0.15, -0.1) is 0 Å². The molecule has 0 radical (unpaired) electrons. The molecule has 0 unspecified atom stereocenters. The number of carbonyl (C=O) groups excluding carboxylic acids is 1. The maximum Gasteiger partial charge on any atom is 0.246 e. The van der Waals surface area contributed by atoms with Crippen LogP contribution in [0.15, 0.2) is 42.6 Å². The molecule has 1 aromatic carbocycles. The van der Waals surface area contributed by atoms with E-state index in [9.17, 15) is 4.79 Å². The summed E-state index contributed by atoms with van der Waals surface area (Å²) >= 11 is 0. The number of anilines is 1. The summed E-state index contributed by atoms with van der Waals surface area (Å²) in [6.45, 7) is 4.26. The summed E-state index contributed by atoms with van der Waals surface area (Å²) in [6.07, 6.45) is 6.21. The molecule has 6 heteroatoms. The lowest BCUT2D eigenvalue weighted by atomic mass is 10.1. The molecule has 2 aromatic rings. The van der Waals surface area contributed by atoms with Gasteiger partial charge in [0.05, 0.1) is 25.5 Å². The van der Waals surface area contributed by atoms with Crippen LogP contribution in [0.4, 0.5) is 5.95 Å². The molecule has 3 heterocycles. The second kappa shape index (κ2) is 7.66. The van der Waals surface area contributed by atoms with Crippen LogP contribution in [0, 0.1) is 0 Å². The summed E-state index contributed by atoms with van der Waals surface area (Å²) in [5, 5.41) is 0. The van der Waals surface area contributed by atoms with Gasteiger partial charge in [0.2, 0.25) is 11.9 Å². The molecule has 1 aromatic heterocycles. The molecule has 0 spiro atoms. The molecule has 4 rings (SSSR count). The fraction of sp³-hybridized carbons (Fsp3) is 0.350. The molecule has 134 valence electrons. The van der Waals surface area contributed by atoms with E-state index in [0.717, 1.165) is 42.3 Å². The quantitative estimate of drug-likeness (QED) is 0.792. The second-order valence-corrected chi connectivity index (χ2v) is 6.50. The minimum absolute atomic E-state index is 0.0195. The number of rotatable bonds is 3. The van der Waals surface area contributed by atoms with Gasteiger partial charge < -0.3 is 14.5 Å². The number of ether oxygens (including phenoxy) is 1. The number of aromatic nitrogens is 2. The van der Waals surface area contributed by atoms with E-state index in [1.54, 1.807) is 6.08 Å². The predicted molar refractivity (Wildman–Crippen MR) is 99.7 cm³/mol. The second-order valence-electron chi connectivity index (χ2n) is 6.50. The Hall–Kier alpha value is -2.73. The van der Waals surface area contributed by atoms with Crippen LogP contribution in [0.2, 0.25) is 0 Å². The van der Waals surface area contributed by atoms with E-state index in [0.29, 0.717) is 26.3 Å². The number of benzene rings is 1. The first-order chi connectivity index (χ1) is 12.8. The summed E-state index contributed by atoms with van der Waals surface area (Å²) in [5.41, 5.74) is 3.11. The number of hydrogen-bond acceptors (Lipinski definition) is 5. The van der Waals surface area contributed by atoms with Gasteiger partial charge in [0.15, 0.2) is 0 Å². The predicted octanol–water partition coefficient (Wildman–Crippen LogP) is 1.91. The Kier molecular flexibility index (Phi) is 4.93. The third-order valence-electron chi connectivity index (χ3n) is 4.76. The van der Waals surface area contributed by atoms with Crippen molar-refractivity contribution in [1.82, 2.24) is 14.9 Å². The smallest absolute Gasteiger partial charge is 0.246 e. The van der Waals surface area contributed by atoms with Crippen molar-refractivity contribution in [2.24, 2.45) is 0 Å². The van der Waals surface area contributed by atoms with Gasteiger partial charge in [-0.3, -0.25) is 4.79 Å². The molecule has 0 saturated carbocycles. The van der Waals surface area contributed by atoms with Crippen LogP contribution in [-0.2, 0) is 22.5 Å². The fourth-order valence-electron chi connectivity index (χ4n) is 3.23. The molecule has 26 heavy (non-hydrogen) atoms. The Morgan fingerprint density at radius 1 is 1.12 bits per heavy atom. The van der Waals surface area contributed by atoms with Gasteiger partial charge in [0.1, 0.15) is 0 Å². The number of amides is 1. The zero-order valence-corrected chi connectivity index (χ0v) is 14.7. The van der Waals surface area contributed by atoms with E-state index in [4.69, 9.17) is 9.72 Å². The molecule has 0 atom stereocenters. The van der Waals surface area contributed by atoms with Crippen LogP contribution in [0.5, 0.6) is 0 Å². The Morgan fingerprint density at radius 2 is 1.92 bits per heavy atom. The minimum Gasteiger partial charge on any atom is -0.378 e. The molecule has 1 amide bonds. The van der Waals surface area contributed by atoms with Crippen LogP contribution in [0.25, 0.3) is 6.08 Å². The maximum absolute atomic E-state index is 12.5.